The standard InChI is InChI=1S/C17H10Cl4F3N3O3/c18-9-2-1-7(3-13(9)27(25)15(28)29)12-6-16(30-26-12,17(22,23)24)8-4-10(19)14(21)11(20)5-8/h1-5H,6,25H2,(H,28,29). The predicted octanol–water partition coefficient (Wildman–Crippen LogP) is 6.24. The number of nitrogens with two attached hydrogens (primary N) is 1. The zero-order chi connectivity index (χ0) is 22.4. The van der Waals surface area contributed by atoms with Crippen LogP contribution in [0.2, 0.25) is 20.1 Å². The highest BCUT2D eigenvalue weighted by atomic mass is 35.5. The van der Waals surface area contributed by atoms with Crippen molar-refractivity contribution in [3.05, 3.63) is 61.5 Å². The van der Waals surface area contributed by atoms with Crippen LogP contribution in [0.1, 0.15) is 17.5 Å². The van der Waals surface area contributed by atoms with Crippen molar-refractivity contribution in [2.24, 2.45) is 11.0 Å². The van der Waals surface area contributed by atoms with Gasteiger partial charge in [-0.3, -0.25) is 0 Å². The molecule has 1 unspecified atom stereocenters. The monoisotopic (exact) mass is 501 g/mol. The van der Waals surface area contributed by atoms with Crippen LogP contribution in [0, 0.1) is 0 Å². The first-order chi connectivity index (χ1) is 13.9. The second kappa shape index (κ2) is 7.97. The van der Waals surface area contributed by atoms with E-state index in [4.69, 9.17) is 62.2 Å². The molecule has 3 rings (SSSR count). The van der Waals surface area contributed by atoms with Crippen molar-refractivity contribution in [3.8, 4) is 0 Å². The van der Waals surface area contributed by atoms with Crippen molar-refractivity contribution in [1.82, 2.24) is 0 Å². The van der Waals surface area contributed by atoms with E-state index in [9.17, 15) is 18.0 Å². The fraction of sp³-hybridized carbons (Fsp3) is 0.176. The van der Waals surface area contributed by atoms with Gasteiger partial charge >= 0.3 is 12.3 Å². The number of carboxylic acid groups (broad SMARTS) is 1. The van der Waals surface area contributed by atoms with Crippen LogP contribution >= 0.6 is 46.4 Å². The Hall–Kier alpha value is -1.91. The summed E-state index contributed by atoms with van der Waals surface area (Å²) in [6.45, 7) is 0. The van der Waals surface area contributed by atoms with Gasteiger partial charge < -0.3 is 9.94 Å². The third kappa shape index (κ3) is 3.88. The molecule has 0 saturated carbocycles. The molecule has 0 saturated heterocycles. The Morgan fingerprint density at radius 3 is 2.27 bits per heavy atom. The summed E-state index contributed by atoms with van der Waals surface area (Å²) in [4.78, 5) is 16.0. The highest BCUT2D eigenvalue weighted by Crippen LogP contribution is 2.50. The van der Waals surface area contributed by atoms with Crippen molar-refractivity contribution < 1.29 is 27.9 Å². The Kier molecular flexibility index (Phi) is 6.05. The van der Waals surface area contributed by atoms with Gasteiger partial charge in [0.2, 0.25) is 0 Å². The minimum absolute atomic E-state index is 0.0264. The zero-order valence-corrected chi connectivity index (χ0v) is 17.5. The number of oxime groups is 1. The lowest BCUT2D eigenvalue weighted by molar-refractivity contribution is -0.275. The minimum Gasteiger partial charge on any atom is -0.464 e. The fourth-order valence-corrected chi connectivity index (χ4v) is 3.63. The second-order valence-electron chi connectivity index (χ2n) is 6.20. The molecular weight excluding hydrogens is 493 g/mol. The lowest BCUT2D eigenvalue weighted by Gasteiger charge is -2.30. The summed E-state index contributed by atoms with van der Waals surface area (Å²) in [5, 5.41) is 12.5. The van der Waals surface area contributed by atoms with Crippen molar-refractivity contribution in [2.75, 3.05) is 5.01 Å². The lowest BCUT2D eigenvalue weighted by atomic mass is 9.86. The third-order valence-electron chi connectivity index (χ3n) is 4.38. The first-order valence-electron chi connectivity index (χ1n) is 7.92. The quantitative estimate of drug-likeness (QED) is 0.225. The maximum atomic E-state index is 14.1. The van der Waals surface area contributed by atoms with E-state index in [1.54, 1.807) is 0 Å². The Morgan fingerprint density at radius 1 is 1.13 bits per heavy atom. The first-order valence-corrected chi connectivity index (χ1v) is 9.43. The number of hydrogen-bond acceptors (Lipinski definition) is 4. The molecule has 3 N–H and O–H groups in total. The Bertz CT molecular complexity index is 1040. The van der Waals surface area contributed by atoms with E-state index >= 15 is 0 Å². The molecule has 0 aliphatic carbocycles. The number of amides is 1. The van der Waals surface area contributed by atoms with Crippen LogP contribution in [-0.2, 0) is 10.4 Å². The van der Waals surface area contributed by atoms with Crippen LogP contribution in [-0.4, -0.2) is 23.1 Å². The molecule has 1 heterocycles. The molecule has 1 amide bonds. The molecule has 1 aliphatic heterocycles. The summed E-state index contributed by atoms with van der Waals surface area (Å²) >= 11 is 23.6. The maximum Gasteiger partial charge on any atom is 0.435 e. The Balaban J connectivity index is 2.05. The first kappa shape index (κ1) is 22.8. The molecule has 0 bridgehead atoms. The summed E-state index contributed by atoms with van der Waals surface area (Å²) in [5.41, 5.74) is -3.41. The Labute approximate surface area is 187 Å². The fourth-order valence-electron chi connectivity index (χ4n) is 2.83. The van der Waals surface area contributed by atoms with E-state index in [1.165, 1.54) is 18.2 Å². The number of hydrogen-bond donors (Lipinski definition) is 2. The number of nitrogens with zero attached hydrogens (tertiary/aromatic N) is 2. The number of anilines is 1. The summed E-state index contributed by atoms with van der Waals surface area (Å²) in [6.07, 6.45) is -7.17. The molecule has 0 aromatic heterocycles. The van der Waals surface area contributed by atoms with Crippen LogP contribution in [0.15, 0.2) is 35.5 Å². The highest BCUT2D eigenvalue weighted by molar-refractivity contribution is 6.48. The SMILES string of the molecule is NN(C(=O)O)c1cc(C2=NOC(c3cc(Cl)c(Cl)c(Cl)c3)(C(F)(F)F)C2)ccc1Cl. The summed E-state index contributed by atoms with van der Waals surface area (Å²) in [5.74, 6) is 5.42. The van der Waals surface area contributed by atoms with Crippen molar-refractivity contribution in [2.45, 2.75) is 18.2 Å². The molecular formula is C17H10Cl4F3N3O3. The van der Waals surface area contributed by atoms with Crippen molar-refractivity contribution in [1.29, 1.82) is 0 Å². The number of halogens is 7. The predicted molar refractivity (Wildman–Crippen MR) is 108 cm³/mol. The summed E-state index contributed by atoms with van der Waals surface area (Å²) in [7, 11) is 0. The van der Waals surface area contributed by atoms with Crippen LogP contribution in [0.5, 0.6) is 0 Å². The van der Waals surface area contributed by atoms with Crippen LogP contribution in [0.25, 0.3) is 0 Å². The van der Waals surface area contributed by atoms with Crippen LogP contribution in [0.3, 0.4) is 0 Å². The molecule has 1 atom stereocenters. The van der Waals surface area contributed by atoms with Crippen molar-refractivity contribution >= 4 is 63.9 Å². The normalized spacial score (nSPS) is 18.7. The summed E-state index contributed by atoms with van der Waals surface area (Å²) in [6, 6.07) is 5.83. The molecule has 2 aromatic rings. The molecule has 13 heteroatoms. The number of rotatable bonds is 3. The van der Waals surface area contributed by atoms with Gasteiger partial charge in [0.05, 0.1) is 31.5 Å². The number of hydrazine groups is 1. The maximum absolute atomic E-state index is 14.1. The van der Waals surface area contributed by atoms with Gasteiger partial charge in [0.15, 0.2) is 0 Å². The Morgan fingerprint density at radius 2 is 1.73 bits per heavy atom. The molecule has 0 radical (unpaired) electrons. The topological polar surface area (TPSA) is 88.2 Å². The number of benzene rings is 2. The lowest BCUT2D eigenvalue weighted by Crippen LogP contribution is -2.42. The molecule has 6 nitrogen and oxygen atoms in total. The largest absolute Gasteiger partial charge is 0.464 e. The highest BCUT2D eigenvalue weighted by Gasteiger charge is 2.62. The van der Waals surface area contributed by atoms with Gasteiger partial charge in [-0.1, -0.05) is 57.6 Å². The van der Waals surface area contributed by atoms with E-state index in [-0.39, 0.29) is 37.1 Å². The van der Waals surface area contributed by atoms with Crippen LogP contribution < -0.4 is 10.9 Å². The van der Waals surface area contributed by atoms with Gasteiger partial charge in [0.25, 0.3) is 5.60 Å². The van der Waals surface area contributed by atoms with E-state index in [2.05, 4.69) is 5.16 Å². The summed E-state index contributed by atoms with van der Waals surface area (Å²) < 4.78 is 42.3. The molecule has 1 aliphatic rings. The van der Waals surface area contributed by atoms with E-state index in [1.807, 2.05) is 0 Å². The molecule has 0 fully saturated rings. The van der Waals surface area contributed by atoms with E-state index in [0.717, 1.165) is 12.1 Å². The smallest absolute Gasteiger partial charge is 0.435 e. The third-order valence-corrected chi connectivity index (χ3v) is 5.90. The average Bonchev–Trinajstić information content (AvgIpc) is 3.12. The second-order valence-corrected chi connectivity index (χ2v) is 7.80. The molecule has 2 aromatic carbocycles. The van der Waals surface area contributed by atoms with E-state index < -0.39 is 29.9 Å². The van der Waals surface area contributed by atoms with Gasteiger partial charge in [-0.05, 0) is 24.3 Å². The molecule has 0 spiro atoms. The van der Waals surface area contributed by atoms with E-state index in [0.29, 0.717) is 5.01 Å². The van der Waals surface area contributed by atoms with Crippen molar-refractivity contribution in [3.63, 3.8) is 0 Å². The minimum atomic E-state index is -4.91. The van der Waals surface area contributed by atoms with Gasteiger partial charge in [-0.2, -0.15) is 13.2 Å². The molecule has 160 valence electrons. The number of carbonyl (C=O) groups is 1. The molecule has 30 heavy (non-hydrogen) atoms. The van der Waals surface area contributed by atoms with Gasteiger partial charge in [-0.25, -0.2) is 15.6 Å². The van der Waals surface area contributed by atoms with Gasteiger partial charge in [0.1, 0.15) is 0 Å². The van der Waals surface area contributed by atoms with Gasteiger partial charge in [-0.15, -0.1) is 0 Å². The average molecular weight is 503 g/mol. The number of alkyl halides is 3. The van der Waals surface area contributed by atoms with Crippen LogP contribution in [0.4, 0.5) is 23.7 Å². The van der Waals surface area contributed by atoms with Gasteiger partial charge in [0, 0.05) is 17.5 Å². The zero-order valence-electron chi connectivity index (χ0n) is 14.5.